The molecule has 5 heteroatoms. The molecule has 116 valence electrons. The van der Waals surface area contributed by atoms with E-state index in [1.165, 1.54) is 0 Å². The molecule has 0 spiro atoms. The number of carboxylic acids is 1. The summed E-state index contributed by atoms with van der Waals surface area (Å²) in [6.45, 7) is 2.87. The number of carboxylic acid groups (broad SMARTS) is 1. The number of piperidine rings is 1. The third kappa shape index (κ3) is 3.54. The number of hydrogen-bond donors (Lipinski definition) is 1. The molecule has 3 rings (SSSR count). The highest BCUT2D eigenvalue weighted by atomic mass is 16.5. The van der Waals surface area contributed by atoms with Gasteiger partial charge in [0.05, 0.1) is 11.3 Å². The molecule has 1 aliphatic heterocycles. The van der Waals surface area contributed by atoms with Crippen molar-refractivity contribution in [3.63, 3.8) is 0 Å². The summed E-state index contributed by atoms with van der Waals surface area (Å²) >= 11 is 0. The Labute approximate surface area is 129 Å². The Morgan fingerprint density at radius 1 is 1.27 bits per heavy atom. The monoisotopic (exact) mass is 300 g/mol. The summed E-state index contributed by atoms with van der Waals surface area (Å²) in [6, 6.07) is 9.23. The molecule has 1 N–H and O–H groups in total. The Hall–Kier alpha value is -2.14. The van der Waals surface area contributed by atoms with Crippen LogP contribution in [-0.2, 0) is 13.0 Å². The third-order valence-corrected chi connectivity index (χ3v) is 4.34. The first-order valence-electron chi connectivity index (χ1n) is 7.65. The summed E-state index contributed by atoms with van der Waals surface area (Å²) < 4.78 is 4.86. The molecule has 22 heavy (non-hydrogen) atoms. The number of benzene rings is 1. The predicted molar refractivity (Wildman–Crippen MR) is 81.6 cm³/mol. The number of aromatic nitrogens is 1. The van der Waals surface area contributed by atoms with E-state index in [9.17, 15) is 9.90 Å². The summed E-state index contributed by atoms with van der Waals surface area (Å²) in [5, 5.41) is 13.2. The highest BCUT2D eigenvalue weighted by Crippen LogP contribution is 2.24. The van der Waals surface area contributed by atoms with Crippen molar-refractivity contribution in [2.75, 3.05) is 13.1 Å². The zero-order valence-corrected chi connectivity index (χ0v) is 12.4. The van der Waals surface area contributed by atoms with E-state index in [1.54, 1.807) is 18.4 Å². The van der Waals surface area contributed by atoms with E-state index in [-0.39, 0.29) is 0 Å². The quantitative estimate of drug-likeness (QED) is 0.919. The van der Waals surface area contributed by atoms with Gasteiger partial charge in [-0.05, 0) is 49.9 Å². The Morgan fingerprint density at radius 2 is 2.05 bits per heavy atom. The molecule has 0 bridgehead atoms. The number of hydrogen-bond acceptors (Lipinski definition) is 4. The van der Waals surface area contributed by atoms with Crippen molar-refractivity contribution < 1.29 is 14.4 Å². The maximum Gasteiger partial charge on any atom is 0.335 e. The average molecular weight is 300 g/mol. The van der Waals surface area contributed by atoms with Gasteiger partial charge in [-0.1, -0.05) is 23.4 Å². The van der Waals surface area contributed by atoms with Gasteiger partial charge < -0.3 is 9.63 Å². The molecule has 0 unspecified atom stereocenters. The molecular weight excluding hydrogens is 280 g/mol. The fourth-order valence-corrected chi connectivity index (χ4v) is 3.11. The van der Waals surface area contributed by atoms with Gasteiger partial charge in [0.15, 0.2) is 0 Å². The zero-order valence-electron chi connectivity index (χ0n) is 12.4. The second kappa shape index (κ2) is 6.75. The molecule has 0 atom stereocenters. The Morgan fingerprint density at radius 3 is 2.73 bits per heavy atom. The van der Waals surface area contributed by atoms with Crippen LogP contribution in [0.15, 0.2) is 41.1 Å². The fraction of sp³-hybridized carbons (Fsp3) is 0.412. The van der Waals surface area contributed by atoms with E-state index in [4.69, 9.17) is 4.52 Å². The summed E-state index contributed by atoms with van der Waals surface area (Å²) in [4.78, 5) is 13.6. The van der Waals surface area contributed by atoms with Gasteiger partial charge in [0.25, 0.3) is 0 Å². The first-order valence-corrected chi connectivity index (χ1v) is 7.65. The predicted octanol–water partition coefficient (Wildman–Crippen LogP) is 2.83. The number of carbonyl (C=O) groups is 1. The molecule has 1 aromatic carbocycles. The molecule has 2 aromatic rings. The van der Waals surface area contributed by atoms with Crippen LogP contribution in [0.4, 0.5) is 0 Å². The van der Waals surface area contributed by atoms with Gasteiger partial charge in [-0.3, -0.25) is 4.90 Å². The Kier molecular flexibility index (Phi) is 4.53. The van der Waals surface area contributed by atoms with Crippen molar-refractivity contribution in [3.8, 4) is 0 Å². The van der Waals surface area contributed by atoms with Crippen LogP contribution in [0.2, 0.25) is 0 Å². The summed E-state index contributed by atoms with van der Waals surface area (Å²) in [6.07, 6.45) is 4.63. The van der Waals surface area contributed by atoms with Crippen LogP contribution in [0, 0.1) is 5.92 Å². The molecule has 1 aromatic heterocycles. The van der Waals surface area contributed by atoms with E-state index in [2.05, 4.69) is 10.1 Å². The third-order valence-electron chi connectivity index (χ3n) is 4.34. The molecule has 0 saturated carbocycles. The van der Waals surface area contributed by atoms with Crippen molar-refractivity contribution in [2.24, 2.45) is 5.92 Å². The number of nitrogens with zero attached hydrogens (tertiary/aromatic N) is 2. The van der Waals surface area contributed by atoms with Gasteiger partial charge in [0.1, 0.15) is 6.26 Å². The number of rotatable bonds is 5. The fourth-order valence-electron chi connectivity index (χ4n) is 3.11. The molecule has 0 aliphatic carbocycles. The molecule has 2 heterocycles. The average Bonchev–Trinajstić information content (AvgIpc) is 3.02. The SMILES string of the molecule is O=C(O)c1ccccc1CC1CCN(Cc2ccon2)CC1. The van der Waals surface area contributed by atoms with Crippen molar-refractivity contribution in [1.29, 1.82) is 0 Å². The van der Waals surface area contributed by atoms with Crippen molar-refractivity contribution >= 4 is 5.97 Å². The van der Waals surface area contributed by atoms with Crippen LogP contribution in [0.1, 0.15) is 34.5 Å². The van der Waals surface area contributed by atoms with Crippen LogP contribution in [0.3, 0.4) is 0 Å². The van der Waals surface area contributed by atoms with Gasteiger partial charge in [0, 0.05) is 12.6 Å². The van der Waals surface area contributed by atoms with Gasteiger partial charge >= 0.3 is 5.97 Å². The van der Waals surface area contributed by atoms with Crippen LogP contribution in [0.25, 0.3) is 0 Å². The Balaban J connectivity index is 1.55. The van der Waals surface area contributed by atoms with Gasteiger partial charge in [-0.25, -0.2) is 4.79 Å². The largest absolute Gasteiger partial charge is 0.478 e. The summed E-state index contributed by atoms with van der Waals surface area (Å²) in [5.74, 6) is -0.284. The lowest BCUT2D eigenvalue weighted by Gasteiger charge is -2.31. The van der Waals surface area contributed by atoms with E-state index in [0.717, 1.165) is 50.2 Å². The summed E-state index contributed by atoms with van der Waals surface area (Å²) in [7, 11) is 0. The zero-order chi connectivity index (χ0) is 15.4. The molecule has 1 fully saturated rings. The minimum Gasteiger partial charge on any atom is -0.478 e. The van der Waals surface area contributed by atoms with Crippen LogP contribution < -0.4 is 0 Å². The molecule has 0 amide bonds. The Bertz CT molecular complexity index is 617. The molecule has 5 nitrogen and oxygen atoms in total. The lowest BCUT2D eigenvalue weighted by atomic mass is 9.88. The van der Waals surface area contributed by atoms with Crippen LogP contribution in [-0.4, -0.2) is 34.2 Å². The molecule has 1 aliphatic rings. The van der Waals surface area contributed by atoms with Crippen molar-refractivity contribution in [1.82, 2.24) is 10.1 Å². The highest BCUT2D eigenvalue weighted by Gasteiger charge is 2.21. The van der Waals surface area contributed by atoms with Crippen molar-refractivity contribution in [2.45, 2.75) is 25.8 Å². The van der Waals surface area contributed by atoms with E-state index in [0.29, 0.717) is 11.5 Å². The van der Waals surface area contributed by atoms with Crippen LogP contribution in [0.5, 0.6) is 0 Å². The summed E-state index contributed by atoms with van der Waals surface area (Å²) in [5.41, 5.74) is 2.35. The van der Waals surface area contributed by atoms with E-state index < -0.39 is 5.97 Å². The van der Waals surface area contributed by atoms with Gasteiger partial charge in [0.2, 0.25) is 0 Å². The number of aromatic carboxylic acids is 1. The maximum absolute atomic E-state index is 11.3. The molecular formula is C17H20N2O3. The first kappa shape index (κ1) is 14.8. The molecule has 0 radical (unpaired) electrons. The van der Waals surface area contributed by atoms with E-state index >= 15 is 0 Å². The second-order valence-electron chi connectivity index (χ2n) is 5.88. The van der Waals surface area contributed by atoms with Crippen molar-refractivity contribution in [3.05, 3.63) is 53.4 Å². The maximum atomic E-state index is 11.3. The normalized spacial score (nSPS) is 16.7. The van der Waals surface area contributed by atoms with E-state index in [1.807, 2.05) is 18.2 Å². The number of likely N-dealkylation sites (tertiary alicyclic amines) is 1. The van der Waals surface area contributed by atoms with Gasteiger partial charge in [-0.2, -0.15) is 0 Å². The van der Waals surface area contributed by atoms with Crippen LogP contribution >= 0.6 is 0 Å². The first-order chi connectivity index (χ1) is 10.7. The lowest BCUT2D eigenvalue weighted by molar-refractivity contribution is 0.0695. The topological polar surface area (TPSA) is 66.6 Å². The smallest absolute Gasteiger partial charge is 0.335 e. The standard InChI is InChI=1S/C17H20N2O3/c20-17(21)16-4-2-1-3-14(16)11-13-5-8-19(9-6-13)12-15-7-10-22-18-15/h1-4,7,10,13H,5-6,8-9,11-12H2,(H,20,21). The minimum atomic E-state index is -0.834. The van der Waals surface area contributed by atoms with Gasteiger partial charge in [-0.15, -0.1) is 0 Å². The minimum absolute atomic E-state index is 0.438. The highest BCUT2D eigenvalue weighted by molar-refractivity contribution is 5.89. The lowest BCUT2D eigenvalue weighted by Crippen LogP contribution is -2.34. The molecule has 1 saturated heterocycles. The second-order valence-corrected chi connectivity index (χ2v) is 5.88.